The summed E-state index contributed by atoms with van der Waals surface area (Å²) in [5, 5.41) is 5.65. The molecule has 0 fully saturated rings. The Bertz CT molecular complexity index is 507. The van der Waals surface area contributed by atoms with Crippen molar-refractivity contribution in [2.24, 2.45) is 0 Å². The Morgan fingerprint density at radius 2 is 2.25 bits per heavy atom. The van der Waals surface area contributed by atoms with E-state index in [2.05, 4.69) is 40.0 Å². The molecule has 0 aliphatic heterocycles. The third-order valence-electron chi connectivity index (χ3n) is 2.96. The Morgan fingerprint density at radius 1 is 1.38 bits per heavy atom. The molecule has 3 rings (SSSR count). The molecule has 2 aromatic rings. The van der Waals surface area contributed by atoms with Crippen molar-refractivity contribution < 1.29 is 0 Å². The fourth-order valence-corrected chi connectivity index (χ4v) is 2.83. The van der Waals surface area contributed by atoms with Gasteiger partial charge in [-0.05, 0) is 35.9 Å². The van der Waals surface area contributed by atoms with E-state index in [1.807, 2.05) is 6.20 Å². The molecule has 0 unspecified atom stereocenters. The highest BCUT2D eigenvalue weighted by molar-refractivity contribution is 7.17. The topological polar surface area (TPSA) is 24.9 Å². The highest BCUT2D eigenvalue weighted by Crippen LogP contribution is 2.19. The Balaban J connectivity index is 1.69. The van der Waals surface area contributed by atoms with Gasteiger partial charge in [-0.15, -0.1) is 11.3 Å². The molecular weight excluding hydrogens is 216 g/mol. The number of hydrogen-bond acceptors (Lipinski definition) is 3. The highest BCUT2D eigenvalue weighted by Gasteiger charge is 2.09. The largest absolute Gasteiger partial charge is 0.309 e. The van der Waals surface area contributed by atoms with Crippen LogP contribution in [0.25, 0.3) is 10.2 Å². The third-order valence-corrected chi connectivity index (χ3v) is 3.82. The van der Waals surface area contributed by atoms with Crippen molar-refractivity contribution in [2.45, 2.75) is 25.4 Å². The molecule has 0 aromatic carbocycles. The normalized spacial score (nSPS) is 16.2. The molecule has 2 heterocycles. The number of fused-ring (bicyclic) bond motifs is 1. The standard InChI is InChI=1S/C13H14N2S/c1-2-4-11(3-1)14-8-10-7-13-12(15-9-10)5-6-16-13/h1-2,5-7,9,11,14H,3-4,8H2. The van der Waals surface area contributed by atoms with Crippen LogP contribution >= 0.6 is 11.3 Å². The van der Waals surface area contributed by atoms with Crippen molar-refractivity contribution in [1.82, 2.24) is 10.3 Å². The molecule has 3 heteroatoms. The van der Waals surface area contributed by atoms with E-state index in [1.54, 1.807) is 11.3 Å². The molecule has 2 aromatic heterocycles. The second-order valence-electron chi connectivity index (χ2n) is 4.17. The van der Waals surface area contributed by atoms with Crippen LogP contribution in [0.2, 0.25) is 0 Å². The van der Waals surface area contributed by atoms with Crippen molar-refractivity contribution in [3.05, 3.63) is 41.4 Å². The first-order valence-corrected chi connectivity index (χ1v) is 6.50. The van der Waals surface area contributed by atoms with Gasteiger partial charge in [-0.1, -0.05) is 12.2 Å². The van der Waals surface area contributed by atoms with E-state index in [-0.39, 0.29) is 0 Å². The first-order valence-electron chi connectivity index (χ1n) is 5.62. The van der Waals surface area contributed by atoms with Crippen molar-refractivity contribution in [2.75, 3.05) is 0 Å². The Kier molecular flexibility index (Phi) is 2.72. The number of hydrogen-bond donors (Lipinski definition) is 1. The van der Waals surface area contributed by atoms with Crippen LogP contribution in [0, 0.1) is 0 Å². The molecule has 0 saturated heterocycles. The second-order valence-corrected chi connectivity index (χ2v) is 5.12. The summed E-state index contributed by atoms with van der Waals surface area (Å²) in [6.45, 7) is 0.924. The number of nitrogens with zero attached hydrogens (tertiary/aromatic N) is 1. The van der Waals surface area contributed by atoms with Gasteiger partial charge in [0.15, 0.2) is 0 Å². The van der Waals surface area contributed by atoms with Gasteiger partial charge in [-0.25, -0.2) is 0 Å². The summed E-state index contributed by atoms with van der Waals surface area (Å²) in [4.78, 5) is 4.44. The van der Waals surface area contributed by atoms with Gasteiger partial charge in [-0.3, -0.25) is 4.98 Å². The Morgan fingerprint density at radius 3 is 3.12 bits per heavy atom. The molecule has 0 saturated carbocycles. The predicted octanol–water partition coefficient (Wildman–Crippen LogP) is 3.10. The van der Waals surface area contributed by atoms with Crippen LogP contribution in [-0.4, -0.2) is 11.0 Å². The molecule has 1 aliphatic carbocycles. The number of pyridine rings is 1. The molecule has 0 bridgehead atoms. The molecule has 82 valence electrons. The SMILES string of the molecule is C1=CCC(NCc2cnc3ccsc3c2)C1. The van der Waals surface area contributed by atoms with Gasteiger partial charge in [0.2, 0.25) is 0 Å². The molecule has 16 heavy (non-hydrogen) atoms. The summed E-state index contributed by atoms with van der Waals surface area (Å²) < 4.78 is 1.28. The zero-order valence-corrected chi connectivity index (χ0v) is 9.83. The van der Waals surface area contributed by atoms with Crippen molar-refractivity contribution in [3.8, 4) is 0 Å². The lowest BCUT2D eigenvalue weighted by Crippen LogP contribution is -2.25. The minimum atomic E-state index is 0.624. The van der Waals surface area contributed by atoms with E-state index < -0.39 is 0 Å². The minimum absolute atomic E-state index is 0.624. The van der Waals surface area contributed by atoms with Crippen LogP contribution in [-0.2, 0) is 6.54 Å². The first kappa shape index (κ1) is 10.00. The fourth-order valence-electron chi connectivity index (χ4n) is 2.03. The van der Waals surface area contributed by atoms with Crippen LogP contribution < -0.4 is 5.32 Å². The van der Waals surface area contributed by atoms with Crippen LogP contribution in [0.4, 0.5) is 0 Å². The molecule has 2 nitrogen and oxygen atoms in total. The number of rotatable bonds is 3. The van der Waals surface area contributed by atoms with E-state index in [0.29, 0.717) is 6.04 Å². The monoisotopic (exact) mass is 230 g/mol. The minimum Gasteiger partial charge on any atom is -0.309 e. The summed E-state index contributed by atoms with van der Waals surface area (Å²) in [6.07, 6.45) is 8.80. The molecular formula is C13H14N2S. The lowest BCUT2D eigenvalue weighted by molar-refractivity contribution is 0.538. The van der Waals surface area contributed by atoms with E-state index >= 15 is 0 Å². The average molecular weight is 230 g/mol. The molecule has 0 atom stereocenters. The van der Waals surface area contributed by atoms with Gasteiger partial charge in [0, 0.05) is 18.8 Å². The van der Waals surface area contributed by atoms with Gasteiger partial charge in [0.05, 0.1) is 10.2 Å². The van der Waals surface area contributed by atoms with Gasteiger partial charge in [-0.2, -0.15) is 0 Å². The Labute approximate surface area is 99.0 Å². The smallest absolute Gasteiger partial charge is 0.0809 e. The van der Waals surface area contributed by atoms with Crippen molar-refractivity contribution in [3.63, 3.8) is 0 Å². The number of nitrogens with one attached hydrogen (secondary N) is 1. The van der Waals surface area contributed by atoms with Gasteiger partial charge < -0.3 is 5.32 Å². The quantitative estimate of drug-likeness (QED) is 0.820. The first-order chi connectivity index (χ1) is 7.92. The summed E-state index contributed by atoms with van der Waals surface area (Å²) in [7, 11) is 0. The fraction of sp³-hybridized carbons (Fsp3) is 0.308. The van der Waals surface area contributed by atoms with E-state index in [0.717, 1.165) is 24.9 Å². The maximum Gasteiger partial charge on any atom is 0.0809 e. The molecule has 0 spiro atoms. The lowest BCUT2D eigenvalue weighted by atomic mass is 10.2. The highest BCUT2D eigenvalue weighted by atomic mass is 32.1. The zero-order chi connectivity index (χ0) is 10.8. The van der Waals surface area contributed by atoms with E-state index in [1.165, 1.54) is 10.3 Å². The Hall–Kier alpha value is -1.19. The molecule has 0 radical (unpaired) electrons. The second kappa shape index (κ2) is 4.36. The lowest BCUT2D eigenvalue weighted by Gasteiger charge is -2.11. The zero-order valence-electron chi connectivity index (χ0n) is 9.02. The maximum absolute atomic E-state index is 4.44. The molecule has 1 aliphatic rings. The summed E-state index contributed by atoms with van der Waals surface area (Å²) in [6, 6.07) is 4.93. The average Bonchev–Trinajstić information content (AvgIpc) is 2.97. The van der Waals surface area contributed by atoms with Crippen LogP contribution in [0.5, 0.6) is 0 Å². The van der Waals surface area contributed by atoms with Gasteiger partial charge in [0.1, 0.15) is 0 Å². The maximum atomic E-state index is 4.44. The van der Waals surface area contributed by atoms with Gasteiger partial charge in [0.25, 0.3) is 0 Å². The van der Waals surface area contributed by atoms with E-state index in [4.69, 9.17) is 0 Å². The molecule has 0 amide bonds. The third kappa shape index (κ3) is 2.01. The summed E-state index contributed by atoms with van der Waals surface area (Å²) >= 11 is 1.76. The molecule has 1 N–H and O–H groups in total. The van der Waals surface area contributed by atoms with Crippen LogP contribution in [0.15, 0.2) is 35.9 Å². The number of thiophene rings is 1. The van der Waals surface area contributed by atoms with Gasteiger partial charge >= 0.3 is 0 Å². The van der Waals surface area contributed by atoms with Crippen LogP contribution in [0.1, 0.15) is 18.4 Å². The summed E-state index contributed by atoms with van der Waals surface area (Å²) in [5.41, 5.74) is 2.39. The van der Waals surface area contributed by atoms with Crippen molar-refractivity contribution in [1.29, 1.82) is 0 Å². The summed E-state index contributed by atoms with van der Waals surface area (Å²) in [5.74, 6) is 0. The van der Waals surface area contributed by atoms with Crippen LogP contribution in [0.3, 0.4) is 0 Å². The predicted molar refractivity (Wildman–Crippen MR) is 68.6 cm³/mol. The van der Waals surface area contributed by atoms with E-state index in [9.17, 15) is 0 Å². The number of aromatic nitrogens is 1. The van der Waals surface area contributed by atoms with Crippen molar-refractivity contribution >= 4 is 21.6 Å².